The van der Waals surface area contributed by atoms with Crippen LogP contribution in [0, 0.1) is 13.8 Å². The van der Waals surface area contributed by atoms with Gasteiger partial charge < -0.3 is 9.55 Å². The molecule has 0 bridgehead atoms. The van der Waals surface area contributed by atoms with Crippen LogP contribution in [0.3, 0.4) is 0 Å². The molecule has 0 aliphatic heterocycles. The first-order valence-corrected chi connectivity index (χ1v) is 11.9. The minimum atomic E-state index is -0.0563. The molecule has 0 aliphatic carbocycles. The lowest BCUT2D eigenvalue weighted by atomic mass is 10.2. The zero-order valence-corrected chi connectivity index (χ0v) is 19.7. The van der Waals surface area contributed by atoms with Crippen LogP contribution in [0.15, 0.2) is 9.95 Å². The molecular formula is C20H30N6OS2. The van der Waals surface area contributed by atoms with Crippen molar-refractivity contribution in [2.75, 3.05) is 14.1 Å². The molecule has 0 aromatic carbocycles. The first-order chi connectivity index (χ1) is 13.9. The lowest BCUT2D eigenvalue weighted by Gasteiger charge is -2.23. The average Bonchev–Trinajstić information content (AvgIpc) is 3.19. The fraction of sp³-hybridized carbons (Fsp3) is 0.600. The second kappa shape index (κ2) is 9.40. The van der Waals surface area contributed by atoms with E-state index in [1.165, 1.54) is 0 Å². The van der Waals surface area contributed by atoms with Crippen molar-refractivity contribution in [3.05, 3.63) is 32.4 Å². The van der Waals surface area contributed by atoms with E-state index in [2.05, 4.69) is 57.6 Å². The van der Waals surface area contributed by atoms with Crippen molar-refractivity contribution in [1.29, 1.82) is 0 Å². The zero-order chi connectivity index (χ0) is 21.1. The van der Waals surface area contributed by atoms with Crippen molar-refractivity contribution < 1.29 is 0 Å². The Hall–Kier alpha value is -1.71. The standard InChI is InChI=1S/C20H30N6OS2/c1-7-9-10-26-17(14(8-2)25(5)6)23-24-20(26)28-11-15-21-18(27)16-12(3)13(4)29-19(16)22-15/h14H,7-11H2,1-6H3,(H,21,22,27)/t14-/m0/s1. The normalized spacial score (nSPS) is 12.9. The van der Waals surface area contributed by atoms with Gasteiger partial charge in [-0.3, -0.25) is 9.69 Å². The third-order valence-electron chi connectivity index (χ3n) is 5.21. The number of H-pyrrole nitrogens is 1. The third-order valence-corrected chi connectivity index (χ3v) is 7.29. The first-order valence-electron chi connectivity index (χ1n) is 10.1. The Bertz CT molecular complexity index is 1040. The smallest absolute Gasteiger partial charge is 0.259 e. The Labute approximate surface area is 180 Å². The summed E-state index contributed by atoms with van der Waals surface area (Å²) >= 11 is 3.16. The highest BCUT2D eigenvalue weighted by Gasteiger charge is 2.22. The summed E-state index contributed by atoms with van der Waals surface area (Å²) in [7, 11) is 4.16. The molecule has 0 unspecified atom stereocenters. The quantitative estimate of drug-likeness (QED) is 0.506. The van der Waals surface area contributed by atoms with Gasteiger partial charge in [0.15, 0.2) is 11.0 Å². The summed E-state index contributed by atoms with van der Waals surface area (Å²) in [5.41, 5.74) is 0.968. The van der Waals surface area contributed by atoms with E-state index in [1.54, 1.807) is 23.1 Å². The number of aromatic amines is 1. The van der Waals surface area contributed by atoms with Gasteiger partial charge in [0.2, 0.25) is 0 Å². The van der Waals surface area contributed by atoms with E-state index in [0.717, 1.165) is 52.1 Å². The van der Waals surface area contributed by atoms with Gasteiger partial charge in [0.25, 0.3) is 5.56 Å². The third kappa shape index (κ3) is 4.57. The van der Waals surface area contributed by atoms with Crippen LogP contribution in [-0.2, 0) is 12.3 Å². The average molecular weight is 435 g/mol. The van der Waals surface area contributed by atoms with E-state index in [9.17, 15) is 4.79 Å². The number of hydrogen-bond donors (Lipinski definition) is 1. The molecule has 0 spiro atoms. The monoisotopic (exact) mass is 434 g/mol. The van der Waals surface area contributed by atoms with Crippen molar-refractivity contribution in [2.24, 2.45) is 0 Å². The SMILES string of the molecule is CCCCn1c(SCc2nc3sc(C)c(C)c3c(=O)[nH]2)nnc1[C@H](CC)N(C)C. The van der Waals surface area contributed by atoms with E-state index in [0.29, 0.717) is 17.0 Å². The van der Waals surface area contributed by atoms with Crippen LogP contribution in [0.25, 0.3) is 10.2 Å². The summed E-state index contributed by atoms with van der Waals surface area (Å²) < 4.78 is 2.23. The number of unbranched alkanes of at least 4 members (excludes halogenated alkanes) is 1. The number of aryl methyl sites for hydroxylation is 2. The summed E-state index contributed by atoms with van der Waals surface area (Å²) in [5, 5.41) is 10.6. The van der Waals surface area contributed by atoms with Crippen LogP contribution in [0.2, 0.25) is 0 Å². The predicted octanol–water partition coefficient (Wildman–Crippen LogP) is 4.30. The molecule has 3 rings (SSSR count). The molecule has 1 N–H and O–H groups in total. The molecule has 29 heavy (non-hydrogen) atoms. The zero-order valence-electron chi connectivity index (χ0n) is 18.1. The van der Waals surface area contributed by atoms with Crippen LogP contribution in [0.1, 0.15) is 61.2 Å². The van der Waals surface area contributed by atoms with E-state index < -0.39 is 0 Å². The molecule has 0 radical (unpaired) electrons. The van der Waals surface area contributed by atoms with Gasteiger partial charge in [-0.15, -0.1) is 21.5 Å². The number of fused-ring (bicyclic) bond motifs is 1. The van der Waals surface area contributed by atoms with Gasteiger partial charge in [0.05, 0.1) is 17.2 Å². The Balaban J connectivity index is 1.87. The van der Waals surface area contributed by atoms with Crippen molar-refractivity contribution >= 4 is 33.3 Å². The number of nitrogens with zero attached hydrogens (tertiary/aromatic N) is 5. The minimum Gasteiger partial charge on any atom is -0.309 e. The molecule has 0 fully saturated rings. The maximum atomic E-state index is 12.5. The van der Waals surface area contributed by atoms with Gasteiger partial charge in [-0.25, -0.2) is 4.98 Å². The van der Waals surface area contributed by atoms with Gasteiger partial charge in [0.1, 0.15) is 10.7 Å². The van der Waals surface area contributed by atoms with Gasteiger partial charge in [-0.1, -0.05) is 32.0 Å². The van der Waals surface area contributed by atoms with Crippen molar-refractivity contribution in [3.8, 4) is 0 Å². The van der Waals surface area contributed by atoms with Crippen LogP contribution >= 0.6 is 23.1 Å². The lowest BCUT2D eigenvalue weighted by Crippen LogP contribution is -2.23. The molecular weight excluding hydrogens is 404 g/mol. The van der Waals surface area contributed by atoms with Crippen LogP contribution in [0.4, 0.5) is 0 Å². The highest BCUT2D eigenvalue weighted by Crippen LogP contribution is 2.29. The molecule has 0 saturated heterocycles. The molecule has 9 heteroatoms. The molecule has 0 amide bonds. The molecule has 7 nitrogen and oxygen atoms in total. The van der Waals surface area contributed by atoms with Gasteiger partial charge >= 0.3 is 0 Å². The van der Waals surface area contributed by atoms with Crippen molar-refractivity contribution in [1.82, 2.24) is 29.6 Å². The molecule has 3 aromatic heterocycles. The van der Waals surface area contributed by atoms with Crippen LogP contribution < -0.4 is 5.56 Å². The summed E-state index contributed by atoms with van der Waals surface area (Å²) in [6.45, 7) is 9.27. The molecule has 0 aliphatic rings. The summed E-state index contributed by atoms with van der Waals surface area (Å²) in [6.07, 6.45) is 3.17. The summed E-state index contributed by atoms with van der Waals surface area (Å²) in [6, 6.07) is 0.236. The van der Waals surface area contributed by atoms with Crippen LogP contribution in [0.5, 0.6) is 0 Å². The molecule has 0 saturated carbocycles. The van der Waals surface area contributed by atoms with Gasteiger partial charge in [-0.2, -0.15) is 0 Å². The predicted molar refractivity (Wildman–Crippen MR) is 121 cm³/mol. The van der Waals surface area contributed by atoms with E-state index >= 15 is 0 Å². The Morgan fingerprint density at radius 2 is 2.00 bits per heavy atom. The fourth-order valence-corrected chi connectivity index (χ4v) is 5.35. The Kier molecular flexibility index (Phi) is 7.13. The number of aromatic nitrogens is 5. The highest BCUT2D eigenvalue weighted by atomic mass is 32.2. The lowest BCUT2D eigenvalue weighted by molar-refractivity contribution is 0.270. The maximum absolute atomic E-state index is 12.5. The number of hydrogen-bond acceptors (Lipinski definition) is 7. The Morgan fingerprint density at radius 1 is 1.24 bits per heavy atom. The molecule has 1 atom stereocenters. The first kappa shape index (κ1) is 22.0. The molecule has 158 valence electrons. The highest BCUT2D eigenvalue weighted by molar-refractivity contribution is 7.98. The Morgan fingerprint density at radius 3 is 2.66 bits per heavy atom. The van der Waals surface area contributed by atoms with Crippen molar-refractivity contribution in [2.45, 2.75) is 70.5 Å². The largest absolute Gasteiger partial charge is 0.309 e. The molecule has 3 heterocycles. The van der Waals surface area contributed by atoms with E-state index in [-0.39, 0.29) is 11.6 Å². The van der Waals surface area contributed by atoms with E-state index in [1.807, 2.05) is 13.8 Å². The maximum Gasteiger partial charge on any atom is 0.259 e. The van der Waals surface area contributed by atoms with Gasteiger partial charge in [-0.05, 0) is 46.3 Å². The number of thioether (sulfide) groups is 1. The number of thiophene rings is 1. The second-order valence-corrected chi connectivity index (χ2v) is 9.64. The minimum absolute atomic E-state index is 0.0563. The van der Waals surface area contributed by atoms with Crippen molar-refractivity contribution in [3.63, 3.8) is 0 Å². The summed E-state index contributed by atoms with van der Waals surface area (Å²) in [4.78, 5) is 24.3. The molecule has 3 aromatic rings. The number of nitrogens with one attached hydrogen (secondary N) is 1. The van der Waals surface area contributed by atoms with E-state index in [4.69, 9.17) is 0 Å². The van der Waals surface area contributed by atoms with Crippen LogP contribution in [-0.4, -0.2) is 43.7 Å². The topological polar surface area (TPSA) is 79.7 Å². The second-order valence-electron chi connectivity index (χ2n) is 7.50. The summed E-state index contributed by atoms with van der Waals surface area (Å²) in [5.74, 6) is 2.25. The number of rotatable bonds is 9. The van der Waals surface area contributed by atoms with Gasteiger partial charge in [0, 0.05) is 11.4 Å². The fourth-order valence-electron chi connectivity index (χ4n) is 3.46.